The Balaban J connectivity index is 2.24. The summed E-state index contributed by atoms with van der Waals surface area (Å²) in [4.78, 5) is 12.0. The molecular formula is C11H10NO3S+. The minimum Gasteiger partial charge on any atom is -0.476 e. The van der Waals surface area contributed by atoms with E-state index in [2.05, 4.69) is 0 Å². The maximum Gasteiger partial charge on any atom is 0.403 e. The number of carbonyl (C=O) groups is 1. The Kier molecular flexibility index (Phi) is 2.96. The lowest BCUT2D eigenvalue weighted by molar-refractivity contribution is -0.405. The smallest absolute Gasteiger partial charge is 0.403 e. The van der Waals surface area contributed by atoms with Crippen molar-refractivity contribution in [3.63, 3.8) is 0 Å². The number of benzene rings is 1. The lowest BCUT2D eigenvalue weighted by Crippen LogP contribution is -2.31. The topological polar surface area (TPSA) is 60.5 Å². The number of carbonyl (C=O) groups excluding carboxylic acids is 1. The van der Waals surface area contributed by atoms with E-state index in [0.717, 1.165) is 16.7 Å². The SMILES string of the molecule is O=C1CC=[N+]1C(Sc1ccccc1)=C(O)O. The third-order valence-corrected chi connectivity index (χ3v) is 3.17. The summed E-state index contributed by atoms with van der Waals surface area (Å²) < 4.78 is 1.24. The minimum atomic E-state index is -0.835. The van der Waals surface area contributed by atoms with Gasteiger partial charge in [-0.2, -0.15) is 0 Å². The summed E-state index contributed by atoms with van der Waals surface area (Å²) in [5.41, 5.74) is 0. The van der Waals surface area contributed by atoms with E-state index in [9.17, 15) is 4.79 Å². The van der Waals surface area contributed by atoms with Gasteiger partial charge in [-0.25, -0.2) is 4.79 Å². The predicted molar refractivity (Wildman–Crippen MR) is 60.5 cm³/mol. The second-order valence-corrected chi connectivity index (χ2v) is 4.26. The van der Waals surface area contributed by atoms with Crippen LogP contribution < -0.4 is 0 Å². The summed E-state index contributed by atoms with van der Waals surface area (Å²) in [5, 5.41) is 18.4. The molecule has 1 aromatic rings. The van der Waals surface area contributed by atoms with E-state index in [1.807, 2.05) is 30.3 Å². The van der Waals surface area contributed by atoms with Crippen molar-refractivity contribution in [3.8, 4) is 0 Å². The number of aliphatic hydroxyl groups is 2. The zero-order valence-corrected chi connectivity index (χ0v) is 9.15. The molecule has 4 nitrogen and oxygen atoms in total. The van der Waals surface area contributed by atoms with Crippen LogP contribution in [0, 0.1) is 0 Å². The van der Waals surface area contributed by atoms with Crippen LogP contribution in [0.4, 0.5) is 0 Å². The average Bonchev–Trinajstić information content (AvgIpc) is 2.27. The van der Waals surface area contributed by atoms with Crippen LogP contribution in [0.15, 0.2) is 46.2 Å². The first-order valence-corrected chi connectivity index (χ1v) is 5.50. The zero-order valence-electron chi connectivity index (χ0n) is 8.33. The van der Waals surface area contributed by atoms with Crippen LogP contribution in [0.5, 0.6) is 0 Å². The van der Waals surface area contributed by atoms with Gasteiger partial charge in [0.15, 0.2) is 12.6 Å². The lowest BCUT2D eigenvalue weighted by Gasteiger charge is -2.08. The third-order valence-electron chi connectivity index (χ3n) is 2.08. The predicted octanol–water partition coefficient (Wildman–Crippen LogP) is 2.03. The van der Waals surface area contributed by atoms with Crippen LogP contribution in [0.1, 0.15) is 6.42 Å². The van der Waals surface area contributed by atoms with Crippen LogP contribution in [0.25, 0.3) is 0 Å². The molecular weight excluding hydrogens is 226 g/mol. The average molecular weight is 236 g/mol. The number of aliphatic hydroxyl groups excluding tert-OH is 1. The number of thioether (sulfide) groups is 1. The Morgan fingerprint density at radius 2 is 1.94 bits per heavy atom. The number of nitrogens with zero attached hydrogens (tertiary/aromatic N) is 1. The van der Waals surface area contributed by atoms with Crippen molar-refractivity contribution in [1.82, 2.24) is 0 Å². The third kappa shape index (κ3) is 2.09. The quantitative estimate of drug-likeness (QED) is 0.479. The van der Waals surface area contributed by atoms with E-state index < -0.39 is 5.95 Å². The van der Waals surface area contributed by atoms with E-state index in [0.29, 0.717) is 6.42 Å². The van der Waals surface area contributed by atoms with Gasteiger partial charge in [-0.1, -0.05) is 18.2 Å². The maximum atomic E-state index is 11.2. The summed E-state index contributed by atoms with van der Waals surface area (Å²) in [5.74, 6) is -0.975. The Labute approximate surface area is 96.5 Å². The van der Waals surface area contributed by atoms with Crippen molar-refractivity contribution in [1.29, 1.82) is 0 Å². The lowest BCUT2D eigenvalue weighted by atomic mass is 10.3. The molecule has 0 aromatic heterocycles. The van der Waals surface area contributed by atoms with Crippen molar-refractivity contribution < 1.29 is 19.6 Å². The van der Waals surface area contributed by atoms with Crippen molar-refractivity contribution in [3.05, 3.63) is 41.3 Å². The van der Waals surface area contributed by atoms with E-state index in [1.54, 1.807) is 6.21 Å². The molecule has 2 rings (SSSR count). The van der Waals surface area contributed by atoms with Crippen LogP contribution in [-0.4, -0.2) is 26.9 Å². The van der Waals surface area contributed by atoms with Gasteiger partial charge in [-0.05, 0) is 23.9 Å². The fraction of sp³-hybridized carbons (Fsp3) is 0.0909. The molecule has 2 N–H and O–H groups in total. The highest BCUT2D eigenvalue weighted by molar-refractivity contribution is 8.02. The first kappa shape index (κ1) is 10.8. The Bertz CT molecular complexity index is 475. The molecule has 0 unspecified atom stereocenters. The fourth-order valence-corrected chi connectivity index (χ4v) is 2.14. The van der Waals surface area contributed by atoms with Gasteiger partial charge in [0.25, 0.3) is 0 Å². The van der Waals surface area contributed by atoms with E-state index in [1.165, 1.54) is 4.58 Å². The summed E-state index contributed by atoms with van der Waals surface area (Å²) in [6, 6.07) is 9.22. The summed E-state index contributed by atoms with van der Waals surface area (Å²) >= 11 is 1.14. The molecule has 5 heteroatoms. The van der Waals surface area contributed by atoms with Crippen molar-refractivity contribution in [2.75, 3.05) is 0 Å². The normalized spacial score (nSPS) is 14.0. The van der Waals surface area contributed by atoms with Crippen molar-refractivity contribution in [2.24, 2.45) is 0 Å². The zero-order chi connectivity index (χ0) is 11.5. The maximum absolute atomic E-state index is 11.2. The molecule has 0 bridgehead atoms. The summed E-state index contributed by atoms with van der Waals surface area (Å²) in [6.07, 6.45) is 1.95. The Hall–Kier alpha value is -1.75. The molecule has 1 aliphatic heterocycles. The van der Waals surface area contributed by atoms with Gasteiger partial charge in [0, 0.05) is 4.90 Å². The fourth-order valence-electron chi connectivity index (χ4n) is 1.26. The van der Waals surface area contributed by atoms with E-state index in [4.69, 9.17) is 10.2 Å². The van der Waals surface area contributed by atoms with Crippen LogP contribution in [-0.2, 0) is 4.79 Å². The molecule has 0 saturated carbocycles. The van der Waals surface area contributed by atoms with Gasteiger partial charge in [-0.15, -0.1) is 4.58 Å². The van der Waals surface area contributed by atoms with Crippen molar-refractivity contribution in [2.45, 2.75) is 11.3 Å². The summed E-state index contributed by atoms with van der Waals surface area (Å²) in [6.45, 7) is 0. The molecule has 0 atom stereocenters. The number of hydrogen-bond donors (Lipinski definition) is 2. The van der Waals surface area contributed by atoms with Crippen LogP contribution in [0.2, 0.25) is 0 Å². The van der Waals surface area contributed by atoms with Crippen LogP contribution >= 0.6 is 11.8 Å². The van der Waals surface area contributed by atoms with Gasteiger partial charge in [0.2, 0.25) is 0 Å². The molecule has 1 heterocycles. The number of amides is 1. The van der Waals surface area contributed by atoms with E-state index >= 15 is 0 Å². The highest BCUT2D eigenvalue weighted by Crippen LogP contribution is 2.29. The minimum absolute atomic E-state index is 0.140. The second kappa shape index (κ2) is 4.40. The molecule has 0 radical (unpaired) electrons. The molecule has 1 aromatic carbocycles. The standard InChI is InChI=1S/C11H9NO3S/c13-9-6-7-12(9)10(11(14)15)16-8-4-2-1-3-5-8/h1-5,7H,6H2,(H-,14,15)/p+1. The Morgan fingerprint density at radius 1 is 1.25 bits per heavy atom. The highest BCUT2D eigenvalue weighted by Gasteiger charge is 2.35. The van der Waals surface area contributed by atoms with Gasteiger partial charge in [0.05, 0.1) is 0 Å². The molecule has 1 amide bonds. The molecule has 0 saturated heterocycles. The second-order valence-electron chi connectivity index (χ2n) is 3.19. The Morgan fingerprint density at radius 3 is 2.38 bits per heavy atom. The van der Waals surface area contributed by atoms with Gasteiger partial charge >= 0.3 is 16.9 Å². The first-order valence-electron chi connectivity index (χ1n) is 4.69. The van der Waals surface area contributed by atoms with Crippen molar-refractivity contribution >= 4 is 23.9 Å². The number of rotatable bonds is 3. The molecule has 16 heavy (non-hydrogen) atoms. The van der Waals surface area contributed by atoms with Crippen LogP contribution in [0.3, 0.4) is 0 Å². The highest BCUT2D eigenvalue weighted by atomic mass is 32.2. The number of hydrogen-bond acceptors (Lipinski definition) is 4. The van der Waals surface area contributed by atoms with E-state index in [-0.39, 0.29) is 10.9 Å². The first-order chi connectivity index (χ1) is 7.68. The molecule has 0 fully saturated rings. The molecule has 1 aliphatic rings. The monoisotopic (exact) mass is 236 g/mol. The molecule has 0 aliphatic carbocycles. The van der Waals surface area contributed by atoms with Gasteiger partial charge < -0.3 is 10.2 Å². The van der Waals surface area contributed by atoms with Gasteiger partial charge in [0.1, 0.15) is 0 Å². The van der Waals surface area contributed by atoms with Gasteiger partial charge in [-0.3, -0.25) is 0 Å². The largest absolute Gasteiger partial charge is 0.476 e. The molecule has 0 spiro atoms. The molecule has 82 valence electrons. The summed E-state index contributed by atoms with van der Waals surface area (Å²) in [7, 11) is 0.